The molecule has 0 aliphatic heterocycles. The van der Waals surface area contributed by atoms with Crippen molar-refractivity contribution >= 4 is 22.6 Å². The number of halogens is 1. The maximum atomic E-state index is 2.66. The molecule has 0 bridgehead atoms. The van der Waals surface area contributed by atoms with Gasteiger partial charge in [0.1, 0.15) is 0 Å². The second-order valence-corrected chi connectivity index (χ2v) is 5.60. The van der Waals surface area contributed by atoms with Crippen LogP contribution >= 0.6 is 22.6 Å². The zero-order valence-electron chi connectivity index (χ0n) is 9.38. The van der Waals surface area contributed by atoms with Crippen LogP contribution < -0.4 is 0 Å². The number of nitrogens with zero attached hydrogens (tertiary/aromatic N) is 1. The first kappa shape index (κ1) is 12.5. The number of alkyl halides is 1. The van der Waals surface area contributed by atoms with Gasteiger partial charge in [-0.05, 0) is 38.8 Å². The van der Waals surface area contributed by atoms with Crippen LogP contribution in [0.15, 0.2) is 12.2 Å². The topological polar surface area (TPSA) is 3.24 Å². The summed E-state index contributed by atoms with van der Waals surface area (Å²) in [4.78, 5) is 2.66. The first-order valence-corrected chi connectivity index (χ1v) is 7.07. The van der Waals surface area contributed by atoms with Gasteiger partial charge in [0.2, 0.25) is 0 Å². The second-order valence-electron chi connectivity index (χ2n) is 4.00. The third kappa shape index (κ3) is 3.54. The average Bonchev–Trinajstić information content (AvgIpc) is 2.40. The van der Waals surface area contributed by atoms with Crippen molar-refractivity contribution in [2.45, 2.75) is 49.5 Å². The normalized spacial score (nSPS) is 28.0. The quantitative estimate of drug-likeness (QED) is 0.435. The lowest BCUT2D eigenvalue weighted by Crippen LogP contribution is -2.41. The molecule has 82 valence electrons. The largest absolute Gasteiger partial charge is 0.300 e. The molecule has 2 atom stereocenters. The fraction of sp³-hybridized carbons (Fsp3) is 0.833. The molecule has 1 nitrogen and oxygen atoms in total. The molecule has 2 heteroatoms. The van der Waals surface area contributed by atoms with Crippen LogP contribution in [0.3, 0.4) is 0 Å². The average molecular weight is 307 g/mol. The summed E-state index contributed by atoms with van der Waals surface area (Å²) in [6.45, 7) is 7.04. The van der Waals surface area contributed by atoms with E-state index in [0.29, 0.717) is 0 Å². The Morgan fingerprint density at radius 3 is 2.79 bits per heavy atom. The lowest BCUT2D eigenvalue weighted by atomic mass is 10.1. The van der Waals surface area contributed by atoms with Crippen LogP contribution in [0, 0.1) is 0 Å². The van der Waals surface area contributed by atoms with Crippen LogP contribution in [0.2, 0.25) is 0 Å². The molecule has 1 rings (SSSR count). The molecule has 1 aliphatic rings. The third-order valence-electron chi connectivity index (χ3n) is 2.96. The van der Waals surface area contributed by atoms with Crippen LogP contribution in [-0.2, 0) is 0 Å². The molecule has 1 aliphatic carbocycles. The second kappa shape index (κ2) is 6.83. The summed E-state index contributed by atoms with van der Waals surface area (Å²) in [5, 5.41) is 0. The lowest BCUT2D eigenvalue weighted by Gasteiger charge is -2.32. The summed E-state index contributed by atoms with van der Waals surface area (Å²) in [5.74, 6) is 0. The lowest BCUT2D eigenvalue weighted by molar-refractivity contribution is 0.198. The van der Waals surface area contributed by atoms with Gasteiger partial charge in [-0.3, -0.25) is 4.90 Å². The molecule has 0 heterocycles. The van der Waals surface area contributed by atoms with Crippen molar-refractivity contribution in [3.63, 3.8) is 0 Å². The molecule has 0 fully saturated rings. The van der Waals surface area contributed by atoms with E-state index in [1.54, 1.807) is 0 Å². The summed E-state index contributed by atoms with van der Waals surface area (Å²) in [6, 6.07) is 0.801. The van der Waals surface area contributed by atoms with Crippen LogP contribution in [-0.4, -0.2) is 28.0 Å². The highest BCUT2D eigenvalue weighted by Gasteiger charge is 2.23. The van der Waals surface area contributed by atoms with E-state index in [2.05, 4.69) is 53.5 Å². The standard InChI is InChI=1S/C12H22IN/c1-3-10-14(4-2)12-9-7-5-6-8-11(12)13/h5-6,11-12H,3-4,7-10H2,1-2H3. The number of allylic oxidation sites excluding steroid dienone is 2. The molecular formula is C12H22IN. The highest BCUT2D eigenvalue weighted by molar-refractivity contribution is 14.1. The monoisotopic (exact) mass is 307 g/mol. The summed E-state index contributed by atoms with van der Waals surface area (Å²) in [7, 11) is 0. The van der Waals surface area contributed by atoms with Crippen molar-refractivity contribution in [3.05, 3.63) is 12.2 Å². The molecule has 0 aromatic rings. The maximum Gasteiger partial charge on any atom is 0.0300 e. The van der Waals surface area contributed by atoms with Gasteiger partial charge >= 0.3 is 0 Å². The van der Waals surface area contributed by atoms with E-state index in [9.17, 15) is 0 Å². The van der Waals surface area contributed by atoms with E-state index in [0.717, 1.165) is 9.97 Å². The van der Waals surface area contributed by atoms with Gasteiger partial charge in [0.15, 0.2) is 0 Å². The van der Waals surface area contributed by atoms with Crippen molar-refractivity contribution in [1.29, 1.82) is 0 Å². The molecule has 0 spiro atoms. The molecule has 0 N–H and O–H groups in total. The van der Waals surface area contributed by atoms with Crippen LogP contribution in [0.1, 0.15) is 39.5 Å². The molecule has 0 aromatic heterocycles. The SMILES string of the molecule is CCCN(CC)C1CCC=CCC1I. The Labute approximate surface area is 102 Å². The van der Waals surface area contributed by atoms with E-state index in [4.69, 9.17) is 0 Å². The van der Waals surface area contributed by atoms with Crippen molar-refractivity contribution in [2.24, 2.45) is 0 Å². The predicted octanol–water partition coefficient (Wildman–Crippen LogP) is 3.63. The van der Waals surface area contributed by atoms with Crippen LogP contribution in [0.25, 0.3) is 0 Å². The highest BCUT2D eigenvalue weighted by atomic mass is 127. The van der Waals surface area contributed by atoms with Gasteiger partial charge in [-0.1, -0.05) is 48.6 Å². The van der Waals surface area contributed by atoms with E-state index in [-0.39, 0.29) is 0 Å². The molecule has 0 amide bonds. The Morgan fingerprint density at radius 1 is 1.36 bits per heavy atom. The Bertz CT molecular complexity index is 179. The van der Waals surface area contributed by atoms with Gasteiger partial charge in [0, 0.05) is 9.97 Å². The molecular weight excluding hydrogens is 285 g/mol. The number of hydrogen-bond acceptors (Lipinski definition) is 1. The van der Waals surface area contributed by atoms with Crippen LogP contribution in [0.4, 0.5) is 0 Å². The number of hydrogen-bond donors (Lipinski definition) is 0. The third-order valence-corrected chi connectivity index (χ3v) is 4.30. The summed E-state index contributed by atoms with van der Waals surface area (Å²) >= 11 is 2.63. The number of rotatable bonds is 4. The smallest absolute Gasteiger partial charge is 0.0300 e. The van der Waals surface area contributed by atoms with Gasteiger partial charge in [-0.15, -0.1) is 0 Å². The van der Waals surface area contributed by atoms with E-state index < -0.39 is 0 Å². The molecule has 2 unspecified atom stereocenters. The Morgan fingerprint density at radius 2 is 2.14 bits per heavy atom. The fourth-order valence-electron chi connectivity index (χ4n) is 2.21. The summed E-state index contributed by atoms with van der Waals surface area (Å²) in [5.41, 5.74) is 0. The van der Waals surface area contributed by atoms with Crippen molar-refractivity contribution in [1.82, 2.24) is 4.90 Å². The maximum absolute atomic E-state index is 2.66. The minimum absolute atomic E-state index is 0.801. The molecule has 0 radical (unpaired) electrons. The van der Waals surface area contributed by atoms with Gasteiger partial charge in [-0.2, -0.15) is 0 Å². The molecule has 14 heavy (non-hydrogen) atoms. The minimum atomic E-state index is 0.801. The Balaban J connectivity index is 2.53. The highest BCUT2D eigenvalue weighted by Crippen LogP contribution is 2.24. The molecule has 0 aromatic carbocycles. The molecule has 0 saturated carbocycles. The summed E-state index contributed by atoms with van der Waals surface area (Å²) in [6.07, 6.45) is 9.86. The fourth-order valence-corrected chi connectivity index (χ4v) is 3.31. The van der Waals surface area contributed by atoms with E-state index in [1.807, 2.05) is 0 Å². The van der Waals surface area contributed by atoms with Crippen molar-refractivity contribution < 1.29 is 0 Å². The van der Waals surface area contributed by atoms with Gasteiger partial charge in [0.25, 0.3) is 0 Å². The van der Waals surface area contributed by atoms with E-state index in [1.165, 1.54) is 38.8 Å². The van der Waals surface area contributed by atoms with Gasteiger partial charge < -0.3 is 0 Å². The molecule has 0 saturated heterocycles. The van der Waals surface area contributed by atoms with E-state index >= 15 is 0 Å². The van der Waals surface area contributed by atoms with Gasteiger partial charge in [-0.25, -0.2) is 0 Å². The summed E-state index contributed by atoms with van der Waals surface area (Å²) < 4.78 is 0.804. The predicted molar refractivity (Wildman–Crippen MR) is 72.1 cm³/mol. The van der Waals surface area contributed by atoms with Crippen LogP contribution in [0.5, 0.6) is 0 Å². The zero-order valence-corrected chi connectivity index (χ0v) is 11.5. The van der Waals surface area contributed by atoms with Gasteiger partial charge in [0.05, 0.1) is 0 Å². The first-order valence-electron chi connectivity index (χ1n) is 5.82. The minimum Gasteiger partial charge on any atom is -0.300 e. The van der Waals surface area contributed by atoms with Crippen molar-refractivity contribution in [2.75, 3.05) is 13.1 Å². The Hall–Kier alpha value is 0.430. The first-order chi connectivity index (χ1) is 6.79. The Kier molecular flexibility index (Phi) is 6.10. The zero-order chi connectivity index (χ0) is 10.4. The van der Waals surface area contributed by atoms with Crippen molar-refractivity contribution in [3.8, 4) is 0 Å².